The highest BCUT2D eigenvalue weighted by Gasteiger charge is 2.82. The van der Waals surface area contributed by atoms with E-state index in [1.807, 2.05) is 0 Å². The van der Waals surface area contributed by atoms with Gasteiger partial charge in [-0.15, -0.1) is 0 Å². The number of halogens is 9. The van der Waals surface area contributed by atoms with Crippen LogP contribution >= 0.6 is 0 Å². The quantitative estimate of drug-likeness (QED) is 0.663. The van der Waals surface area contributed by atoms with Crippen molar-refractivity contribution in [2.45, 2.75) is 44.2 Å². The Kier molecular flexibility index (Phi) is 4.08. The fraction of sp³-hybridized carbons (Fsp3) is 1.00. The predicted molar refractivity (Wildman–Crippen MR) is 40.4 cm³/mol. The second-order valence-corrected chi connectivity index (χ2v) is 3.58. The van der Waals surface area contributed by atoms with Crippen molar-refractivity contribution in [1.82, 2.24) is 0 Å². The monoisotopic (exact) mass is 276 g/mol. The molecule has 0 aromatic rings. The maximum Gasteiger partial charge on any atom is 0.460 e. The first-order chi connectivity index (χ1) is 7.23. The molecule has 17 heavy (non-hydrogen) atoms. The van der Waals surface area contributed by atoms with E-state index < -0.39 is 36.3 Å². The van der Waals surface area contributed by atoms with Crippen LogP contribution in [0.2, 0.25) is 0 Å². The van der Waals surface area contributed by atoms with Gasteiger partial charge < -0.3 is 0 Å². The molecule has 0 aliphatic rings. The van der Waals surface area contributed by atoms with Gasteiger partial charge in [-0.25, -0.2) is 0 Å². The van der Waals surface area contributed by atoms with Crippen molar-refractivity contribution in [3.05, 3.63) is 0 Å². The van der Waals surface area contributed by atoms with E-state index in [2.05, 4.69) is 0 Å². The Bertz CT molecular complexity index is 265. The predicted octanol–water partition coefficient (Wildman–Crippen LogP) is 4.50. The van der Waals surface area contributed by atoms with Crippen molar-refractivity contribution in [2.75, 3.05) is 0 Å². The summed E-state index contributed by atoms with van der Waals surface area (Å²) < 4.78 is 111. The van der Waals surface area contributed by atoms with Crippen LogP contribution in [0.4, 0.5) is 39.5 Å². The molecule has 0 saturated carbocycles. The van der Waals surface area contributed by atoms with Crippen molar-refractivity contribution in [3.63, 3.8) is 0 Å². The van der Waals surface area contributed by atoms with E-state index in [0.717, 1.165) is 6.92 Å². The van der Waals surface area contributed by atoms with E-state index in [1.165, 1.54) is 0 Å². The lowest BCUT2D eigenvalue weighted by atomic mass is 9.91. The van der Waals surface area contributed by atoms with Crippen LogP contribution in [0.1, 0.15) is 20.3 Å². The fourth-order valence-electron chi connectivity index (χ4n) is 0.953. The molecule has 9 heteroatoms. The molecular formula is C8H9F9. The molecule has 0 aromatic carbocycles. The third kappa shape index (κ3) is 2.33. The standard InChI is InChI=1S/C8H9F9/c1-3-4(2)5(9,10)6(11,12)7(13,14)8(15,16)17/h4H,3H2,1-2H3. The van der Waals surface area contributed by atoms with Gasteiger partial charge in [0.05, 0.1) is 0 Å². The van der Waals surface area contributed by atoms with Crippen molar-refractivity contribution in [3.8, 4) is 0 Å². The van der Waals surface area contributed by atoms with E-state index in [1.54, 1.807) is 0 Å². The average molecular weight is 276 g/mol. The average Bonchev–Trinajstić information content (AvgIpc) is 2.13. The van der Waals surface area contributed by atoms with E-state index >= 15 is 0 Å². The summed E-state index contributed by atoms with van der Waals surface area (Å²) in [6.45, 7) is 1.45. The molecule has 0 saturated heterocycles. The Morgan fingerprint density at radius 1 is 0.765 bits per heavy atom. The van der Waals surface area contributed by atoms with E-state index in [9.17, 15) is 39.5 Å². The SMILES string of the molecule is CCC(C)C(F)(F)C(F)(F)C(F)(F)C(F)(F)F. The van der Waals surface area contributed by atoms with E-state index in [0.29, 0.717) is 6.92 Å². The van der Waals surface area contributed by atoms with Gasteiger partial charge in [-0.05, 0) is 6.42 Å². The van der Waals surface area contributed by atoms with Crippen molar-refractivity contribution in [1.29, 1.82) is 0 Å². The second-order valence-electron chi connectivity index (χ2n) is 3.58. The molecule has 0 N–H and O–H groups in total. The minimum absolute atomic E-state index is 0.473. The molecule has 0 nitrogen and oxygen atoms in total. The lowest BCUT2D eigenvalue weighted by molar-refractivity contribution is -0.402. The highest BCUT2D eigenvalue weighted by atomic mass is 19.4. The fourth-order valence-corrected chi connectivity index (χ4v) is 0.953. The second kappa shape index (κ2) is 4.24. The van der Waals surface area contributed by atoms with Gasteiger partial charge in [0.2, 0.25) is 0 Å². The Morgan fingerprint density at radius 3 is 1.35 bits per heavy atom. The first-order valence-electron chi connectivity index (χ1n) is 4.43. The summed E-state index contributed by atoms with van der Waals surface area (Å²) >= 11 is 0. The first-order valence-corrected chi connectivity index (χ1v) is 4.43. The normalized spacial score (nSPS) is 17.1. The van der Waals surface area contributed by atoms with Gasteiger partial charge in [0.1, 0.15) is 0 Å². The summed E-state index contributed by atoms with van der Waals surface area (Å²) in [4.78, 5) is 0. The molecule has 104 valence electrons. The molecule has 1 atom stereocenters. The van der Waals surface area contributed by atoms with Crippen LogP contribution in [0.15, 0.2) is 0 Å². The topological polar surface area (TPSA) is 0 Å². The first kappa shape index (κ1) is 16.4. The van der Waals surface area contributed by atoms with Gasteiger partial charge in [-0.2, -0.15) is 39.5 Å². The van der Waals surface area contributed by atoms with Gasteiger partial charge in [0, 0.05) is 5.92 Å². The smallest absolute Gasteiger partial charge is 0.199 e. The Hall–Kier alpha value is -0.630. The summed E-state index contributed by atoms with van der Waals surface area (Å²) in [5.74, 6) is -21.0. The molecule has 0 radical (unpaired) electrons. The minimum Gasteiger partial charge on any atom is -0.199 e. The molecule has 0 rings (SSSR count). The molecular weight excluding hydrogens is 267 g/mol. The van der Waals surface area contributed by atoms with Crippen LogP contribution in [0.5, 0.6) is 0 Å². The van der Waals surface area contributed by atoms with Crippen LogP contribution in [0.3, 0.4) is 0 Å². The van der Waals surface area contributed by atoms with Crippen LogP contribution < -0.4 is 0 Å². The van der Waals surface area contributed by atoms with Gasteiger partial charge in [-0.1, -0.05) is 13.8 Å². The molecule has 0 bridgehead atoms. The maximum atomic E-state index is 12.9. The Balaban J connectivity index is 5.55. The largest absolute Gasteiger partial charge is 0.460 e. The number of hydrogen-bond acceptors (Lipinski definition) is 0. The Labute approximate surface area is 90.8 Å². The zero-order valence-electron chi connectivity index (χ0n) is 8.69. The van der Waals surface area contributed by atoms with Gasteiger partial charge in [0.25, 0.3) is 0 Å². The molecule has 0 aromatic heterocycles. The van der Waals surface area contributed by atoms with Crippen LogP contribution in [0.25, 0.3) is 0 Å². The molecule has 0 amide bonds. The number of hydrogen-bond donors (Lipinski definition) is 0. The van der Waals surface area contributed by atoms with Crippen molar-refractivity contribution >= 4 is 0 Å². The van der Waals surface area contributed by atoms with E-state index in [-0.39, 0.29) is 0 Å². The third-order valence-electron chi connectivity index (χ3n) is 2.40. The number of rotatable bonds is 4. The van der Waals surface area contributed by atoms with Crippen molar-refractivity contribution < 1.29 is 39.5 Å². The molecule has 1 unspecified atom stereocenters. The highest BCUT2D eigenvalue weighted by molar-refractivity contribution is 5.01. The van der Waals surface area contributed by atoms with Crippen LogP contribution in [-0.4, -0.2) is 23.9 Å². The highest BCUT2D eigenvalue weighted by Crippen LogP contribution is 2.55. The lowest BCUT2D eigenvalue weighted by Crippen LogP contribution is -2.62. The molecule has 0 spiro atoms. The molecule has 0 heterocycles. The van der Waals surface area contributed by atoms with Crippen molar-refractivity contribution in [2.24, 2.45) is 5.92 Å². The van der Waals surface area contributed by atoms with Gasteiger partial charge >= 0.3 is 23.9 Å². The maximum absolute atomic E-state index is 12.9. The van der Waals surface area contributed by atoms with Crippen LogP contribution in [-0.2, 0) is 0 Å². The molecule has 0 aliphatic heterocycles. The summed E-state index contributed by atoms with van der Waals surface area (Å²) in [6.07, 6.45) is -7.41. The summed E-state index contributed by atoms with van der Waals surface area (Å²) in [7, 11) is 0. The zero-order chi connectivity index (χ0) is 14.3. The lowest BCUT2D eigenvalue weighted by Gasteiger charge is -2.36. The molecule has 0 aliphatic carbocycles. The summed E-state index contributed by atoms with van der Waals surface area (Å²) in [5, 5.41) is 0. The van der Waals surface area contributed by atoms with E-state index in [4.69, 9.17) is 0 Å². The molecule has 0 fully saturated rings. The Morgan fingerprint density at radius 2 is 1.12 bits per heavy atom. The van der Waals surface area contributed by atoms with Gasteiger partial charge in [0.15, 0.2) is 0 Å². The zero-order valence-corrected chi connectivity index (χ0v) is 8.69. The summed E-state index contributed by atoms with van der Waals surface area (Å²) in [6, 6.07) is 0. The van der Waals surface area contributed by atoms with Crippen LogP contribution in [0, 0.1) is 5.92 Å². The van der Waals surface area contributed by atoms with Gasteiger partial charge in [-0.3, -0.25) is 0 Å². The minimum atomic E-state index is -6.78. The third-order valence-corrected chi connectivity index (χ3v) is 2.40. The number of alkyl halides is 9. The summed E-state index contributed by atoms with van der Waals surface area (Å²) in [5.41, 5.74) is 0.